The molecule has 0 saturated carbocycles. The fourth-order valence-electron chi connectivity index (χ4n) is 2.10. The van der Waals surface area contributed by atoms with Crippen molar-refractivity contribution >= 4 is 45.2 Å². The summed E-state index contributed by atoms with van der Waals surface area (Å²) in [5, 5.41) is 6.12. The number of hydrogen-bond acceptors (Lipinski definition) is 3. The van der Waals surface area contributed by atoms with Crippen LogP contribution < -0.4 is 0 Å². The van der Waals surface area contributed by atoms with E-state index in [1.807, 2.05) is 4.68 Å². The van der Waals surface area contributed by atoms with E-state index in [0.717, 1.165) is 34.2 Å². The van der Waals surface area contributed by atoms with Crippen molar-refractivity contribution in [3.63, 3.8) is 0 Å². The van der Waals surface area contributed by atoms with Gasteiger partial charge in [0.15, 0.2) is 11.9 Å². The molecule has 0 amide bonds. The monoisotopic (exact) mass is 363 g/mol. The van der Waals surface area contributed by atoms with Crippen LogP contribution in [0.2, 0.25) is 5.02 Å². The van der Waals surface area contributed by atoms with E-state index >= 15 is 0 Å². The first-order chi connectivity index (χ1) is 8.27. The topological polar surface area (TPSA) is 39.9 Å². The van der Waals surface area contributed by atoms with Gasteiger partial charge in [-0.3, -0.25) is 0 Å². The highest BCUT2D eigenvalue weighted by atomic mass is 127. The van der Waals surface area contributed by atoms with E-state index < -0.39 is 0 Å². The van der Waals surface area contributed by atoms with Gasteiger partial charge >= 0.3 is 0 Å². The normalized spacial score (nSPS) is 20.9. The standard InChI is InChI=1S/C11H11ClIN3O/c12-7-4-5-14-11-9(7)10(13)15-16(11)8-3-1-2-6-17-8/h4-5,8H,1-3,6H2. The van der Waals surface area contributed by atoms with Crippen molar-refractivity contribution in [1.82, 2.24) is 14.8 Å². The zero-order valence-electron chi connectivity index (χ0n) is 9.07. The lowest BCUT2D eigenvalue weighted by atomic mass is 10.2. The molecule has 0 bridgehead atoms. The van der Waals surface area contributed by atoms with E-state index in [1.54, 1.807) is 12.3 Å². The number of pyridine rings is 1. The van der Waals surface area contributed by atoms with Crippen LogP contribution in [0.15, 0.2) is 12.3 Å². The highest BCUT2D eigenvalue weighted by Gasteiger charge is 2.21. The Morgan fingerprint density at radius 3 is 3.12 bits per heavy atom. The molecule has 3 rings (SSSR count). The Morgan fingerprint density at radius 2 is 2.35 bits per heavy atom. The number of halogens is 2. The molecule has 2 aromatic rings. The highest BCUT2D eigenvalue weighted by Crippen LogP contribution is 2.30. The van der Waals surface area contributed by atoms with Crippen LogP contribution in [0.1, 0.15) is 25.5 Å². The lowest BCUT2D eigenvalue weighted by molar-refractivity contribution is -0.0372. The Kier molecular flexibility index (Phi) is 3.23. The second-order valence-corrected chi connectivity index (χ2v) is 5.48. The summed E-state index contributed by atoms with van der Waals surface area (Å²) in [5.74, 6) is 0. The first-order valence-electron chi connectivity index (χ1n) is 5.57. The van der Waals surface area contributed by atoms with Crippen LogP contribution in [0, 0.1) is 3.70 Å². The van der Waals surface area contributed by atoms with Crippen molar-refractivity contribution < 1.29 is 4.74 Å². The van der Waals surface area contributed by atoms with Crippen LogP contribution in [0.3, 0.4) is 0 Å². The number of fused-ring (bicyclic) bond motifs is 1. The molecule has 90 valence electrons. The Morgan fingerprint density at radius 1 is 1.47 bits per heavy atom. The SMILES string of the molecule is Clc1ccnc2c1c(I)nn2C1CCCCO1. The second kappa shape index (κ2) is 4.70. The van der Waals surface area contributed by atoms with Crippen molar-refractivity contribution in [3.05, 3.63) is 21.0 Å². The molecule has 0 spiro atoms. The Labute approximate surface area is 117 Å². The van der Waals surface area contributed by atoms with Crippen molar-refractivity contribution in [2.24, 2.45) is 0 Å². The number of rotatable bonds is 1. The molecule has 0 radical (unpaired) electrons. The van der Waals surface area contributed by atoms with Crippen molar-refractivity contribution in [2.45, 2.75) is 25.5 Å². The quantitative estimate of drug-likeness (QED) is 0.729. The summed E-state index contributed by atoms with van der Waals surface area (Å²) in [5.41, 5.74) is 0.814. The Bertz CT molecular complexity index is 551. The maximum atomic E-state index is 6.18. The lowest BCUT2D eigenvalue weighted by Gasteiger charge is -2.22. The first-order valence-corrected chi connectivity index (χ1v) is 7.03. The number of aromatic nitrogens is 3. The maximum absolute atomic E-state index is 6.18. The van der Waals surface area contributed by atoms with Gasteiger partial charge < -0.3 is 4.74 Å². The zero-order valence-corrected chi connectivity index (χ0v) is 12.0. The summed E-state index contributed by atoms with van der Waals surface area (Å²) in [6, 6.07) is 1.79. The summed E-state index contributed by atoms with van der Waals surface area (Å²) in [4.78, 5) is 4.37. The van der Waals surface area contributed by atoms with Crippen molar-refractivity contribution in [2.75, 3.05) is 6.61 Å². The number of nitrogens with zero attached hydrogens (tertiary/aromatic N) is 3. The summed E-state index contributed by atoms with van der Waals surface area (Å²) in [7, 11) is 0. The molecule has 0 aliphatic carbocycles. The molecule has 6 heteroatoms. The van der Waals surface area contributed by atoms with Crippen LogP contribution in [-0.4, -0.2) is 21.4 Å². The molecule has 2 aromatic heterocycles. The van der Waals surface area contributed by atoms with Crippen molar-refractivity contribution in [1.29, 1.82) is 0 Å². The van der Waals surface area contributed by atoms with E-state index in [4.69, 9.17) is 16.3 Å². The largest absolute Gasteiger partial charge is 0.356 e. The van der Waals surface area contributed by atoms with E-state index in [1.165, 1.54) is 6.42 Å². The molecular weight excluding hydrogens is 352 g/mol. The van der Waals surface area contributed by atoms with E-state index in [0.29, 0.717) is 5.02 Å². The Balaban J connectivity index is 2.13. The molecule has 1 aliphatic heterocycles. The second-order valence-electron chi connectivity index (χ2n) is 4.05. The molecule has 17 heavy (non-hydrogen) atoms. The maximum Gasteiger partial charge on any atom is 0.163 e. The van der Waals surface area contributed by atoms with E-state index in [-0.39, 0.29) is 6.23 Å². The molecule has 1 fully saturated rings. The average molecular weight is 364 g/mol. The summed E-state index contributed by atoms with van der Waals surface area (Å²) in [6.07, 6.45) is 4.99. The molecule has 1 aliphatic rings. The third-order valence-corrected chi connectivity index (χ3v) is 4.00. The zero-order chi connectivity index (χ0) is 11.8. The van der Waals surface area contributed by atoms with Gasteiger partial charge in [0, 0.05) is 12.8 Å². The van der Waals surface area contributed by atoms with Crippen LogP contribution in [0.25, 0.3) is 11.0 Å². The van der Waals surface area contributed by atoms with E-state index in [2.05, 4.69) is 32.7 Å². The molecule has 0 aromatic carbocycles. The smallest absolute Gasteiger partial charge is 0.163 e. The Hall–Kier alpha value is -0.400. The summed E-state index contributed by atoms with van der Waals surface area (Å²) >= 11 is 8.36. The minimum Gasteiger partial charge on any atom is -0.356 e. The van der Waals surface area contributed by atoms with Crippen LogP contribution in [0.5, 0.6) is 0 Å². The van der Waals surface area contributed by atoms with Gasteiger partial charge in [-0.05, 0) is 47.9 Å². The van der Waals surface area contributed by atoms with Gasteiger partial charge in [0.1, 0.15) is 3.70 Å². The fourth-order valence-corrected chi connectivity index (χ4v) is 3.26. The van der Waals surface area contributed by atoms with Gasteiger partial charge in [-0.2, -0.15) is 5.10 Å². The number of hydrogen-bond donors (Lipinski definition) is 0. The highest BCUT2D eigenvalue weighted by molar-refractivity contribution is 14.1. The van der Waals surface area contributed by atoms with E-state index in [9.17, 15) is 0 Å². The molecule has 1 saturated heterocycles. The molecule has 0 N–H and O–H groups in total. The van der Waals surface area contributed by atoms with Crippen LogP contribution in [0.4, 0.5) is 0 Å². The van der Waals surface area contributed by atoms with Gasteiger partial charge in [-0.1, -0.05) is 11.6 Å². The summed E-state index contributed by atoms with van der Waals surface area (Å²) in [6.45, 7) is 0.795. The predicted molar refractivity (Wildman–Crippen MR) is 74.1 cm³/mol. The van der Waals surface area contributed by atoms with Gasteiger partial charge in [0.05, 0.1) is 10.4 Å². The number of ether oxygens (including phenoxy) is 1. The predicted octanol–water partition coefficient (Wildman–Crippen LogP) is 3.39. The van der Waals surface area contributed by atoms with Gasteiger partial charge in [-0.25, -0.2) is 9.67 Å². The summed E-state index contributed by atoms with van der Waals surface area (Å²) < 4.78 is 8.48. The first kappa shape index (κ1) is 11.7. The van der Waals surface area contributed by atoms with Gasteiger partial charge in [0.25, 0.3) is 0 Å². The average Bonchev–Trinajstić information content (AvgIpc) is 2.69. The third kappa shape index (κ3) is 2.04. The van der Waals surface area contributed by atoms with Gasteiger partial charge in [-0.15, -0.1) is 0 Å². The molecule has 4 nitrogen and oxygen atoms in total. The fraction of sp³-hybridized carbons (Fsp3) is 0.455. The molecule has 3 heterocycles. The minimum absolute atomic E-state index is 0.000678. The lowest BCUT2D eigenvalue weighted by Crippen LogP contribution is -2.19. The van der Waals surface area contributed by atoms with Gasteiger partial charge in [0.2, 0.25) is 0 Å². The minimum atomic E-state index is 0.000678. The van der Waals surface area contributed by atoms with Crippen LogP contribution >= 0.6 is 34.2 Å². The van der Waals surface area contributed by atoms with Crippen LogP contribution in [-0.2, 0) is 4.74 Å². The third-order valence-electron chi connectivity index (χ3n) is 2.93. The molecule has 1 unspecified atom stereocenters. The molecular formula is C11H11ClIN3O. The van der Waals surface area contributed by atoms with Crippen molar-refractivity contribution in [3.8, 4) is 0 Å². The molecule has 1 atom stereocenters.